The quantitative estimate of drug-likeness (QED) is 0.0448. The van der Waals surface area contributed by atoms with E-state index in [1.165, 1.54) is 6.92 Å². The van der Waals surface area contributed by atoms with Gasteiger partial charge in [-0.05, 0) is 6.92 Å². The van der Waals surface area contributed by atoms with Gasteiger partial charge in [0, 0.05) is 13.8 Å². The highest BCUT2D eigenvalue weighted by molar-refractivity contribution is 7.80. The number of carboxylic acids is 2. The van der Waals surface area contributed by atoms with Gasteiger partial charge < -0.3 is 164 Å². The molecular weight excluding hydrogens is 1240 g/mol. The molecule has 508 valence electrons. The predicted octanol–water partition coefficient (Wildman–Crippen LogP) is -14.3. The van der Waals surface area contributed by atoms with Crippen LogP contribution < -0.4 is 10.6 Å². The van der Waals surface area contributed by atoms with Crippen molar-refractivity contribution in [1.82, 2.24) is 10.6 Å². The van der Waals surface area contributed by atoms with E-state index in [0.29, 0.717) is 0 Å². The molecule has 41 nitrogen and oxygen atoms in total. The average Bonchev–Trinajstić information content (AvgIpc) is 1.01. The minimum Gasteiger partial charge on any atom is -0.479 e. The molecule has 42 heteroatoms. The molecular formula is C46H74N2O39S. The van der Waals surface area contributed by atoms with Gasteiger partial charge in [-0.1, -0.05) is 0 Å². The third-order valence-corrected chi connectivity index (χ3v) is 15.9. The fourth-order valence-corrected chi connectivity index (χ4v) is 11.3. The Morgan fingerprint density at radius 1 is 0.420 bits per heavy atom. The molecule has 2 amide bonds. The largest absolute Gasteiger partial charge is 0.479 e. The Morgan fingerprint density at radius 2 is 0.795 bits per heavy atom. The Bertz CT molecular complexity index is 2440. The highest BCUT2D eigenvalue weighted by Crippen LogP contribution is 2.39. The first kappa shape index (κ1) is 72.0. The van der Waals surface area contributed by atoms with Crippen LogP contribution in [-0.4, -0.2) is 370 Å². The fraction of sp³-hybridized carbons (Fsp3) is 0.913. The van der Waals surface area contributed by atoms with Gasteiger partial charge in [0.15, 0.2) is 49.9 Å². The summed E-state index contributed by atoms with van der Waals surface area (Å²) in [6.07, 6.45) is -68.4. The number of hydrogen-bond acceptors (Lipinski definition) is 36. The van der Waals surface area contributed by atoms with E-state index in [4.69, 9.17) is 65.8 Å². The number of ether oxygens (including phenoxy) is 13. The van der Waals surface area contributed by atoms with E-state index in [9.17, 15) is 124 Å². The topological polar surface area (TPSA) is 640 Å². The van der Waals surface area contributed by atoms with Crippen molar-refractivity contribution in [3.8, 4) is 0 Å². The van der Waals surface area contributed by atoms with Crippen LogP contribution in [0.1, 0.15) is 20.8 Å². The maximum Gasteiger partial charge on any atom is 0.397 e. The first-order valence-electron chi connectivity index (χ1n) is 27.0. The van der Waals surface area contributed by atoms with Crippen molar-refractivity contribution in [1.29, 1.82) is 0 Å². The maximum atomic E-state index is 13.0. The third kappa shape index (κ3) is 15.8. The van der Waals surface area contributed by atoms with Gasteiger partial charge in [-0.25, -0.2) is 13.8 Å². The van der Waals surface area contributed by atoms with E-state index >= 15 is 0 Å². The number of rotatable bonds is 22. The van der Waals surface area contributed by atoms with Gasteiger partial charge in [-0.2, -0.15) is 8.42 Å². The Morgan fingerprint density at radius 3 is 1.23 bits per heavy atom. The van der Waals surface area contributed by atoms with Gasteiger partial charge in [0.05, 0.1) is 39.1 Å². The first-order valence-corrected chi connectivity index (χ1v) is 28.4. The molecule has 7 aliphatic rings. The summed E-state index contributed by atoms with van der Waals surface area (Å²) in [5.74, 6) is -6.14. The number of carbonyl (C=O) groups is 4. The lowest BCUT2D eigenvalue weighted by Gasteiger charge is -2.50. The summed E-state index contributed by atoms with van der Waals surface area (Å²) < 4.78 is 112. The second-order valence-corrected chi connectivity index (χ2v) is 22.5. The molecule has 0 aromatic heterocycles. The predicted molar refractivity (Wildman–Crippen MR) is 264 cm³/mol. The molecule has 7 saturated heterocycles. The number of carboxylic acid groups (broad SMARTS) is 2. The van der Waals surface area contributed by atoms with E-state index in [2.05, 4.69) is 10.6 Å². The highest BCUT2D eigenvalue weighted by Gasteiger charge is 2.61. The summed E-state index contributed by atoms with van der Waals surface area (Å²) in [7, 11) is -5.74. The van der Waals surface area contributed by atoms with Crippen molar-refractivity contribution in [3.63, 3.8) is 0 Å². The summed E-state index contributed by atoms with van der Waals surface area (Å²) in [6, 6.07) is -4.03. The van der Waals surface area contributed by atoms with Crippen molar-refractivity contribution in [3.05, 3.63) is 0 Å². The van der Waals surface area contributed by atoms with Gasteiger partial charge in [0.2, 0.25) is 11.8 Å². The number of hydrogen-bond donors (Lipinski definition) is 21. The Balaban J connectivity index is 1.12. The Kier molecular flexibility index (Phi) is 24.7. The molecule has 7 rings (SSSR count). The second kappa shape index (κ2) is 30.1. The van der Waals surface area contributed by atoms with E-state index in [1.54, 1.807) is 0 Å². The molecule has 0 saturated carbocycles. The lowest BCUT2D eigenvalue weighted by molar-refractivity contribution is -0.389. The molecule has 7 aliphatic heterocycles. The fourth-order valence-electron chi connectivity index (χ4n) is 10.8. The SMILES string of the molecule is CC(=O)N[C@H]1[C@H](O[C@@H]2[C@@H](O)[C@H](O)[C@H](O[C@@H]3[C@@H](NC(C)=O)[C@H](O[C@H]4[C@H](O)[C@@H](O)[C@H](O[C@H]5[C@@H](O)[C@@H](CO)O[C@@H](O[C@H]6[C@@H](O)[C@@H](CO)O[C@@H](O[C@@H]7CO[C@@H](C)[C@H](O)[C@H]7O)[C@@H]6O)[C@@H]5O)O[C@@H]4C(=O)O)O[C@H](CO)[C@@H]3OS(=O)(=O)O)O[C@@H]2C(=O)O)O[C@H](CO)[C@H](O)[C@@H]1O. The molecule has 0 bridgehead atoms. The van der Waals surface area contributed by atoms with Crippen LogP contribution in [0, 0.1) is 0 Å². The minimum atomic E-state index is -5.74. The third-order valence-electron chi connectivity index (χ3n) is 15.4. The van der Waals surface area contributed by atoms with Crippen molar-refractivity contribution < 1.29 is 190 Å². The zero-order valence-corrected chi connectivity index (χ0v) is 47.1. The molecule has 0 aromatic rings. The number of nitrogens with one attached hydrogen (secondary N) is 2. The molecule has 21 N–H and O–H groups in total. The normalized spacial score (nSPS) is 47.8. The molecule has 34 atom stereocenters. The number of aliphatic carboxylic acids is 2. The molecule has 0 spiro atoms. The molecule has 7 fully saturated rings. The zero-order valence-electron chi connectivity index (χ0n) is 46.2. The number of aliphatic hydroxyl groups excluding tert-OH is 16. The number of amides is 2. The van der Waals surface area contributed by atoms with Crippen LogP contribution >= 0.6 is 0 Å². The summed E-state index contributed by atoms with van der Waals surface area (Å²) in [5, 5.41) is 199. The van der Waals surface area contributed by atoms with Gasteiger partial charge in [0.1, 0.15) is 152 Å². The molecule has 0 aliphatic carbocycles. The van der Waals surface area contributed by atoms with Crippen LogP contribution in [0.5, 0.6) is 0 Å². The van der Waals surface area contributed by atoms with Gasteiger partial charge in [-0.3, -0.25) is 14.1 Å². The van der Waals surface area contributed by atoms with Crippen molar-refractivity contribution in [2.24, 2.45) is 0 Å². The Hall–Kier alpha value is -3.41. The monoisotopic (exact) mass is 1310 g/mol. The summed E-state index contributed by atoms with van der Waals surface area (Å²) >= 11 is 0. The van der Waals surface area contributed by atoms with E-state index in [1.807, 2.05) is 0 Å². The molecule has 0 radical (unpaired) electrons. The number of aliphatic hydroxyl groups is 16. The summed E-state index contributed by atoms with van der Waals surface area (Å²) in [4.78, 5) is 50.8. The maximum absolute atomic E-state index is 13.0. The van der Waals surface area contributed by atoms with Crippen molar-refractivity contribution in [2.75, 3.05) is 33.0 Å². The number of carbonyl (C=O) groups excluding carboxylic acids is 2. The van der Waals surface area contributed by atoms with Crippen LogP contribution in [0.3, 0.4) is 0 Å². The van der Waals surface area contributed by atoms with Crippen LogP contribution in [0.4, 0.5) is 0 Å². The van der Waals surface area contributed by atoms with E-state index in [-0.39, 0.29) is 6.61 Å². The zero-order chi connectivity index (χ0) is 65.3. The van der Waals surface area contributed by atoms with Crippen molar-refractivity contribution in [2.45, 2.75) is 229 Å². The lowest BCUT2D eigenvalue weighted by atomic mass is 9.93. The van der Waals surface area contributed by atoms with Crippen LogP contribution in [-0.2, 0) is 95.3 Å². The summed E-state index contributed by atoms with van der Waals surface area (Å²) in [6.45, 7) is -1.66. The average molecular weight is 1310 g/mol. The molecule has 0 aromatic carbocycles. The van der Waals surface area contributed by atoms with Crippen LogP contribution in [0.25, 0.3) is 0 Å². The van der Waals surface area contributed by atoms with Gasteiger partial charge >= 0.3 is 22.3 Å². The van der Waals surface area contributed by atoms with E-state index < -0.39 is 269 Å². The van der Waals surface area contributed by atoms with Crippen LogP contribution in [0.15, 0.2) is 0 Å². The standard InChI is InChI=1S/C46H74N2O39S/c1-9-19(55)21(57)16(8-74-9)79-45-29(65)33(22(58)13(5-50)76-45)82-46-30(66)34(23(59)14(6-51)77-46)81-44-28(64)26(62)36(38(86-44)40(69)70)84-42-18(48-11(3)54)32(31(15(7-52)78-42)87-88(71,72)73)80-43-27(63)25(61)35(37(85-43)39(67)68)83-41-17(47-10(2)53)24(60)20(56)12(4-49)75-41/h9,12-38,41-46,49-52,55-66H,4-8H2,1-3H3,(H,47,53)(H,48,54)(H,67,68)(H,69,70)(H,71,72,73)/t9-,12+,13+,14+,15+,16+,17+,18+,19-,20-,21-,22-,23-,24+,25-,26+,27-,28+,29+,30+,31-,32+,33-,34-,35+,36-,37-,38-,41-,42-,43+,44+,45-,46-/m0/s1. The Labute approximate surface area is 496 Å². The van der Waals surface area contributed by atoms with Crippen LogP contribution in [0.2, 0.25) is 0 Å². The summed E-state index contributed by atoms with van der Waals surface area (Å²) in [5.41, 5.74) is 0. The second-order valence-electron chi connectivity index (χ2n) is 21.5. The molecule has 88 heavy (non-hydrogen) atoms. The lowest BCUT2D eigenvalue weighted by Crippen LogP contribution is -2.71. The smallest absolute Gasteiger partial charge is 0.397 e. The van der Waals surface area contributed by atoms with Gasteiger partial charge in [-0.15, -0.1) is 0 Å². The first-order chi connectivity index (χ1) is 41.3. The minimum absolute atomic E-state index is 0.351. The van der Waals surface area contributed by atoms with Gasteiger partial charge in [0.25, 0.3) is 0 Å². The molecule has 0 unspecified atom stereocenters. The highest BCUT2D eigenvalue weighted by atomic mass is 32.3. The van der Waals surface area contributed by atoms with E-state index in [0.717, 1.165) is 13.8 Å². The molecule has 7 heterocycles. The van der Waals surface area contributed by atoms with Crippen molar-refractivity contribution >= 4 is 34.2 Å².